The van der Waals surface area contributed by atoms with E-state index in [1.54, 1.807) is 14.2 Å². The van der Waals surface area contributed by atoms with Gasteiger partial charge in [-0.2, -0.15) is 0 Å². The van der Waals surface area contributed by atoms with Crippen molar-refractivity contribution in [2.45, 2.75) is 84.5 Å². The predicted molar refractivity (Wildman–Crippen MR) is 134 cm³/mol. The van der Waals surface area contributed by atoms with Gasteiger partial charge in [-0.1, -0.05) is 33.1 Å². The molecule has 0 aromatic heterocycles. The summed E-state index contributed by atoms with van der Waals surface area (Å²) >= 11 is 0. The van der Waals surface area contributed by atoms with Crippen LogP contribution >= 0.6 is 0 Å². The van der Waals surface area contributed by atoms with E-state index in [9.17, 15) is 9.59 Å². The van der Waals surface area contributed by atoms with Gasteiger partial charge < -0.3 is 28.4 Å². The molecule has 8 heteroatoms. The molecule has 206 valence electrons. The van der Waals surface area contributed by atoms with Gasteiger partial charge >= 0.3 is 11.9 Å². The zero-order valence-electron chi connectivity index (χ0n) is 22.7. The van der Waals surface area contributed by atoms with E-state index in [0.29, 0.717) is 26.1 Å². The fourth-order valence-corrected chi connectivity index (χ4v) is 3.73. The summed E-state index contributed by atoms with van der Waals surface area (Å²) < 4.78 is 30.9. The summed E-state index contributed by atoms with van der Waals surface area (Å²) in [6.45, 7) is 9.76. The number of methoxy groups -OCH3 is 2. The van der Waals surface area contributed by atoms with E-state index in [4.69, 9.17) is 28.4 Å². The maximum Gasteiger partial charge on any atom is 0.305 e. The molecule has 0 N–H and O–H groups in total. The van der Waals surface area contributed by atoms with Crippen molar-refractivity contribution in [2.24, 2.45) is 10.8 Å². The highest BCUT2D eigenvalue weighted by Crippen LogP contribution is 2.32. The first kappa shape index (κ1) is 31.8. The summed E-state index contributed by atoms with van der Waals surface area (Å²) in [6, 6.07) is 0. The van der Waals surface area contributed by atoms with Crippen LogP contribution in [0.1, 0.15) is 84.5 Å². The molecule has 8 nitrogen and oxygen atoms in total. The third kappa shape index (κ3) is 13.6. The standard InChI is InChI=1S/C14H26O4.C13H24O4/c1-3-14(10-17-11-14)12-18-13(15)8-6-4-5-7-9-16-2;1-3-13(9-16-10-13)11-17-12(14)7-5-4-6-8-15-2/h3-12H2,1-2H3;3-11H2,1-2H3. The average Bonchev–Trinajstić information content (AvgIpc) is 2.81. The normalized spacial score (nSPS) is 17.4. The van der Waals surface area contributed by atoms with Crippen LogP contribution in [0.4, 0.5) is 0 Å². The number of rotatable bonds is 19. The van der Waals surface area contributed by atoms with Gasteiger partial charge in [0, 0.05) is 40.3 Å². The van der Waals surface area contributed by atoms with E-state index in [2.05, 4.69) is 13.8 Å². The lowest BCUT2D eigenvalue weighted by atomic mass is 9.84. The van der Waals surface area contributed by atoms with Crippen molar-refractivity contribution < 1.29 is 38.0 Å². The zero-order valence-corrected chi connectivity index (χ0v) is 22.7. The molecule has 0 aromatic carbocycles. The maximum absolute atomic E-state index is 11.5. The van der Waals surface area contributed by atoms with Gasteiger partial charge in [-0.15, -0.1) is 0 Å². The van der Waals surface area contributed by atoms with E-state index in [1.807, 2.05) is 0 Å². The molecule has 0 atom stereocenters. The largest absolute Gasteiger partial charge is 0.465 e. The lowest BCUT2D eigenvalue weighted by Gasteiger charge is -2.39. The minimum absolute atomic E-state index is 0.0681. The van der Waals surface area contributed by atoms with E-state index in [1.165, 1.54) is 0 Å². The van der Waals surface area contributed by atoms with Crippen LogP contribution in [0.25, 0.3) is 0 Å². The van der Waals surface area contributed by atoms with Crippen LogP contribution in [0.2, 0.25) is 0 Å². The zero-order chi connectivity index (χ0) is 25.8. The number of hydrogen-bond acceptors (Lipinski definition) is 8. The molecule has 0 spiro atoms. The number of esters is 2. The molecule has 2 fully saturated rings. The van der Waals surface area contributed by atoms with Crippen molar-refractivity contribution in [3.8, 4) is 0 Å². The Morgan fingerprint density at radius 2 is 1.00 bits per heavy atom. The molecule has 0 amide bonds. The molecule has 2 heterocycles. The Morgan fingerprint density at radius 3 is 1.31 bits per heavy atom. The fraction of sp³-hybridized carbons (Fsp3) is 0.926. The van der Waals surface area contributed by atoms with Crippen LogP contribution in [0.5, 0.6) is 0 Å². The Hall–Kier alpha value is -1.22. The van der Waals surface area contributed by atoms with Gasteiger partial charge in [-0.05, 0) is 38.5 Å². The van der Waals surface area contributed by atoms with Gasteiger partial charge in [0.15, 0.2) is 0 Å². The molecule has 0 saturated carbocycles. The predicted octanol–water partition coefficient (Wildman–Crippen LogP) is 4.72. The molecule has 2 aliphatic rings. The quantitative estimate of drug-likeness (QED) is 0.185. The molecule has 0 bridgehead atoms. The molecule has 2 saturated heterocycles. The van der Waals surface area contributed by atoms with Gasteiger partial charge in [0.25, 0.3) is 0 Å². The third-order valence-corrected chi connectivity index (χ3v) is 6.92. The van der Waals surface area contributed by atoms with Crippen LogP contribution in [0, 0.1) is 10.8 Å². The SMILES string of the molecule is CCC1(COC(=O)CCCCCCOC)COC1.CCC1(COC(=O)CCCCCOC)COC1. The molecule has 2 rings (SSSR count). The smallest absolute Gasteiger partial charge is 0.305 e. The molecule has 2 aliphatic heterocycles. The molecule has 0 aliphatic carbocycles. The van der Waals surface area contributed by atoms with Crippen LogP contribution in [-0.2, 0) is 38.0 Å². The first-order valence-electron chi connectivity index (χ1n) is 13.4. The number of carbonyl (C=O) groups excluding carboxylic acids is 2. The first-order valence-corrected chi connectivity index (χ1v) is 13.4. The van der Waals surface area contributed by atoms with E-state index < -0.39 is 0 Å². The van der Waals surface area contributed by atoms with Gasteiger partial charge in [0.2, 0.25) is 0 Å². The third-order valence-electron chi connectivity index (χ3n) is 6.92. The van der Waals surface area contributed by atoms with Crippen LogP contribution in [0.3, 0.4) is 0 Å². The lowest BCUT2D eigenvalue weighted by Crippen LogP contribution is -2.46. The Labute approximate surface area is 212 Å². The Bertz CT molecular complexity index is 546. The summed E-state index contributed by atoms with van der Waals surface area (Å²) in [6.07, 6.45) is 10.2. The number of carbonyl (C=O) groups is 2. The Morgan fingerprint density at radius 1 is 0.629 bits per heavy atom. The monoisotopic (exact) mass is 502 g/mol. The first-order chi connectivity index (χ1) is 16.9. The number of ether oxygens (including phenoxy) is 6. The highest BCUT2D eigenvalue weighted by atomic mass is 16.6. The Balaban J connectivity index is 0.000000351. The van der Waals surface area contributed by atoms with Crippen molar-refractivity contribution in [1.29, 1.82) is 0 Å². The van der Waals surface area contributed by atoms with Gasteiger partial charge in [0.05, 0.1) is 37.3 Å². The second-order valence-electron chi connectivity index (χ2n) is 9.97. The van der Waals surface area contributed by atoms with Crippen molar-refractivity contribution in [2.75, 3.05) is 67.1 Å². The summed E-state index contributed by atoms with van der Waals surface area (Å²) in [5.74, 6) is -0.149. The van der Waals surface area contributed by atoms with Gasteiger partial charge in [-0.3, -0.25) is 9.59 Å². The second-order valence-corrected chi connectivity index (χ2v) is 9.97. The summed E-state index contributed by atoms with van der Waals surface area (Å²) in [4.78, 5) is 23.0. The van der Waals surface area contributed by atoms with Crippen LogP contribution in [-0.4, -0.2) is 79.0 Å². The summed E-state index contributed by atoms with van der Waals surface area (Å²) in [7, 11) is 3.41. The van der Waals surface area contributed by atoms with Crippen molar-refractivity contribution >= 4 is 11.9 Å². The highest BCUT2D eigenvalue weighted by Gasteiger charge is 2.38. The number of hydrogen-bond donors (Lipinski definition) is 0. The maximum atomic E-state index is 11.5. The van der Waals surface area contributed by atoms with Crippen molar-refractivity contribution in [1.82, 2.24) is 0 Å². The summed E-state index contributed by atoms with van der Waals surface area (Å²) in [5.41, 5.74) is 0.208. The van der Waals surface area contributed by atoms with E-state index >= 15 is 0 Å². The summed E-state index contributed by atoms with van der Waals surface area (Å²) in [5, 5.41) is 0. The van der Waals surface area contributed by atoms with Crippen LogP contribution in [0.15, 0.2) is 0 Å². The van der Waals surface area contributed by atoms with Crippen molar-refractivity contribution in [3.63, 3.8) is 0 Å². The molecular formula is C27H50O8. The van der Waals surface area contributed by atoms with E-state index in [-0.39, 0.29) is 22.8 Å². The molecular weight excluding hydrogens is 452 g/mol. The second kappa shape index (κ2) is 19.0. The number of unbranched alkanes of at least 4 members (excludes halogenated alkanes) is 5. The molecule has 0 radical (unpaired) electrons. The fourth-order valence-electron chi connectivity index (χ4n) is 3.73. The van der Waals surface area contributed by atoms with E-state index in [0.717, 1.165) is 97.4 Å². The molecule has 0 aromatic rings. The van der Waals surface area contributed by atoms with Gasteiger partial charge in [-0.25, -0.2) is 0 Å². The topological polar surface area (TPSA) is 89.5 Å². The Kier molecular flexibility index (Phi) is 17.2. The minimum Gasteiger partial charge on any atom is -0.465 e. The lowest BCUT2D eigenvalue weighted by molar-refractivity contribution is -0.171. The van der Waals surface area contributed by atoms with Gasteiger partial charge in [0.1, 0.15) is 13.2 Å². The van der Waals surface area contributed by atoms with Crippen LogP contribution < -0.4 is 0 Å². The molecule has 0 unspecified atom stereocenters. The highest BCUT2D eigenvalue weighted by molar-refractivity contribution is 5.69. The minimum atomic E-state index is -0.0814. The average molecular weight is 503 g/mol. The molecule has 35 heavy (non-hydrogen) atoms. The van der Waals surface area contributed by atoms with Crippen molar-refractivity contribution in [3.05, 3.63) is 0 Å².